The molecule has 2 aromatic carbocycles. The third kappa shape index (κ3) is 2.16. The van der Waals surface area contributed by atoms with Crippen LogP contribution in [0.3, 0.4) is 0 Å². The lowest BCUT2D eigenvalue weighted by atomic mass is 9.77. The maximum absolute atomic E-state index is 6.45. The largest absolute Gasteiger partial charge is 0.376 e. The Morgan fingerprint density at radius 1 is 1.14 bits per heavy atom. The summed E-state index contributed by atoms with van der Waals surface area (Å²) in [4.78, 5) is 0. The molecule has 1 N–H and O–H groups in total. The van der Waals surface area contributed by atoms with E-state index in [0.717, 1.165) is 23.6 Å². The molecule has 1 aliphatic carbocycles. The van der Waals surface area contributed by atoms with Crippen LogP contribution >= 0.6 is 11.6 Å². The minimum Gasteiger partial charge on any atom is -0.376 e. The van der Waals surface area contributed by atoms with Gasteiger partial charge in [0.25, 0.3) is 0 Å². The van der Waals surface area contributed by atoms with Gasteiger partial charge in [0.15, 0.2) is 0 Å². The average Bonchev–Trinajstić information content (AvgIpc) is 3.05. The van der Waals surface area contributed by atoms with Crippen LogP contribution in [-0.2, 0) is 6.42 Å². The summed E-state index contributed by atoms with van der Waals surface area (Å²) >= 11 is 6.45. The summed E-state index contributed by atoms with van der Waals surface area (Å²) in [6.07, 6.45) is 6.89. The number of fused-ring (bicyclic) bond motifs is 3. The Hall–Kier alpha value is -1.73. The number of aryl methyl sites for hydroxylation is 1. The third-order valence-corrected chi connectivity index (χ3v) is 5.41. The molecule has 1 nitrogen and oxygen atoms in total. The Balaban J connectivity index is 1.76. The van der Waals surface area contributed by atoms with E-state index in [1.807, 2.05) is 6.07 Å². The molecule has 0 unspecified atom stereocenters. The Morgan fingerprint density at radius 2 is 1.95 bits per heavy atom. The van der Waals surface area contributed by atoms with E-state index in [-0.39, 0.29) is 0 Å². The maximum Gasteiger partial charge on any atom is 0.0640 e. The normalized spacial score (nSPS) is 25.5. The van der Waals surface area contributed by atoms with E-state index in [0.29, 0.717) is 17.9 Å². The van der Waals surface area contributed by atoms with E-state index in [1.54, 1.807) is 0 Å². The van der Waals surface area contributed by atoms with E-state index in [2.05, 4.69) is 60.8 Å². The van der Waals surface area contributed by atoms with Crippen LogP contribution in [0.2, 0.25) is 5.02 Å². The van der Waals surface area contributed by atoms with Crippen molar-refractivity contribution in [3.8, 4) is 0 Å². The quantitative estimate of drug-likeness (QED) is 0.699. The number of halogens is 1. The zero-order chi connectivity index (χ0) is 15.1. The molecule has 0 radical (unpaired) electrons. The van der Waals surface area contributed by atoms with Gasteiger partial charge in [-0.15, -0.1) is 0 Å². The summed E-state index contributed by atoms with van der Waals surface area (Å²) in [5.41, 5.74) is 5.20. The van der Waals surface area contributed by atoms with Crippen molar-refractivity contribution in [2.24, 2.45) is 5.92 Å². The first kappa shape index (κ1) is 13.9. The number of nitrogens with one attached hydrogen (secondary N) is 1. The zero-order valence-electron chi connectivity index (χ0n) is 12.7. The summed E-state index contributed by atoms with van der Waals surface area (Å²) < 4.78 is 0. The van der Waals surface area contributed by atoms with Crippen LogP contribution in [0.4, 0.5) is 5.69 Å². The van der Waals surface area contributed by atoms with Gasteiger partial charge in [0.1, 0.15) is 0 Å². The zero-order valence-corrected chi connectivity index (χ0v) is 13.5. The Labute approximate surface area is 137 Å². The number of allylic oxidation sites excluding steroid dienone is 2. The fraction of sp³-hybridized carbons (Fsp3) is 0.300. The molecule has 0 amide bonds. The van der Waals surface area contributed by atoms with Gasteiger partial charge < -0.3 is 5.32 Å². The molecule has 22 heavy (non-hydrogen) atoms. The molecular weight excluding hydrogens is 290 g/mol. The van der Waals surface area contributed by atoms with Gasteiger partial charge in [-0.05, 0) is 41.5 Å². The first-order chi connectivity index (χ1) is 10.8. The van der Waals surface area contributed by atoms with Gasteiger partial charge in [-0.2, -0.15) is 0 Å². The molecule has 2 heteroatoms. The number of hydrogen-bond acceptors (Lipinski definition) is 1. The molecule has 0 spiro atoms. The lowest BCUT2D eigenvalue weighted by molar-refractivity contribution is 0.425. The minimum atomic E-state index is 0.332. The van der Waals surface area contributed by atoms with Crippen molar-refractivity contribution in [1.29, 1.82) is 0 Å². The topological polar surface area (TPSA) is 12.0 Å². The van der Waals surface area contributed by atoms with Gasteiger partial charge in [0, 0.05) is 5.92 Å². The third-order valence-electron chi connectivity index (χ3n) is 5.09. The standard InChI is InChI=1S/C20H20ClN/c1-2-13-9-11-14(12-10-13)19-16-6-3-5-15(16)17-7-4-8-18(21)20(17)22-19/h3-5,7-12,15-16,19,22H,2,6H2,1H3/t15-,16-,19-/m0/s1. The highest BCUT2D eigenvalue weighted by molar-refractivity contribution is 6.33. The lowest BCUT2D eigenvalue weighted by Crippen LogP contribution is -2.29. The van der Waals surface area contributed by atoms with Gasteiger partial charge >= 0.3 is 0 Å². The van der Waals surface area contributed by atoms with Crippen molar-refractivity contribution in [3.63, 3.8) is 0 Å². The van der Waals surface area contributed by atoms with E-state index in [4.69, 9.17) is 11.6 Å². The van der Waals surface area contributed by atoms with Crippen molar-refractivity contribution in [1.82, 2.24) is 0 Å². The molecule has 0 saturated carbocycles. The average molecular weight is 310 g/mol. The van der Waals surface area contributed by atoms with Crippen molar-refractivity contribution in [2.45, 2.75) is 31.7 Å². The van der Waals surface area contributed by atoms with Gasteiger partial charge in [-0.1, -0.05) is 67.1 Å². The maximum atomic E-state index is 6.45. The van der Waals surface area contributed by atoms with Crippen LogP contribution in [0.25, 0.3) is 0 Å². The summed E-state index contributed by atoms with van der Waals surface area (Å²) in [6, 6.07) is 15.6. The molecule has 3 atom stereocenters. The smallest absolute Gasteiger partial charge is 0.0640 e. The van der Waals surface area contributed by atoms with Gasteiger partial charge in [0.05, 0.1) is 16.8 Å². The summed E-state index contributed by atoms with van der Waals surface area (Å²) in [5, 5.41) is 4.54. The summed E-state index contributed by atoms with van der Waals surface area (Å²) in [5.74, 6) is 1.06. The van der Waals surface area contributed by atoms with Crippen molar-refractivity contribution in [2.75, 3.05) is 5.32 Å². The predicted octanol–water partition coefficient (Wildman–Crippen LogP) is 5.73. The van der Waals surface area contributed by atoms with Crippen molar-refractivity contribution < 1.29 is 0 Å². The molecule has 2 aliphatic rings. The number of anilines is 1. The summed E-state index contributed by atoms with van der Waals surface area (Å²) in [7, 11) is 0. The fourth-order valence-corrected chi connectivity index (χ4v) is 4.11. The Kier molecular flexibility index (Phi) is 3.46. The fourth-order valence-electron chi connectivity index (χ4n) is 3.87. The van der Waals surface area contributed by atoms with Crippen LogP contribution in [0.1, 0.15) is 42.0 Å². The van der Waals surface area contributed by atoms with Crippen molar-refractivity contribution >= 4 is 17.3 Å². The highest BCUT2D eigenvalue weighted by Gasteiger charge is 2.38. The molecule has 2 aromatic rings. The van der Waals surface area contributed by atoms with E-state index in [9.17, 15) is 0 Å². The lowest BCUT2D eigenvalue weighted by Gasteiger charge is -2.38. The first-order valence-electron chi connectivity index (χ1n) is 8.08. The molecule has 0 saturated heterocycles. The highest BCUT2D eigenvalue weighted by atomic mass is 35.5. The van der Waals surface area contributed by atoms with Crippen LogP contribution in [-0.4, -0.2) is 0 Å². The van der Waals surface area contributed by atoms with Crippen LogP contribution < -0.4 is 5.32 Å². The number of para-hydroxylation sites is 1. The Morgan fingerprint density at radius 3 is 2.73 bits per heavy atom. The first-order valence-corrected chi connectivity index (χ1v) is 8.46. The minimum absolute atomic E-state index is 0.332. The highest BCUT2D eigenvalue weighted by Crippen LogP contribution is 2.51. The van der Waals surface area contributed by atoms with Gasteiger partial charge in [0.2, 0.25) is 0 Å². The van der Waals surface area contributed by atoms with Gasteiger partial charge in [-0.25, -0.2) is 0 Å². The molecule has 1 heterocycles. The van der Waals surface area contributed by atoms with E-state index >= 15 is 0 Å². The molecule has 0 bridgehead atoms. The molecular formula is C20H20ClN. The van der Waals surface area contributed by atoms with E-state index in [1.165, 1.54) is 16.7 Å². The number of hydrogen-bond donors (Lipinski definition) is 1. The van der Waals surface area contributed by atoms with E-state index < -0.39 is 0 Å². The monoisotopic (exact) mass is 309 g/mol. The molecule has 0 aromatic heterocycles. The van der Waals surface area contributed by atoms with Crippen LogP contribution in [0.15, 0.2) is 54.6 Å². The molecule has 1 aliphatic heterocycles. The Bertz CT molecular complexity index is 717. The second-order valence-corrected chi connectivity index (χ2v) is 6.68. The second-order valence-electron chi connectivity index (χ2n) is 6.27. The SMILES string of the molecule is CCc1ccc([C@@H]2Nc3c(Cl)cccc3[C@H]3C=CC[C@@H]32)cc1. The van der Waals surface area contributed by atoms with Gasteiger partial charge in [-0.3, -0.25) is 0 Å². The number of rotatable bonds is 2. The van der Waals surface area contributed by atoms with Crippen LogP contribution in [0, 0.1) is 5.92 Å². The second kappa shape index (κ2) is 5.48. The van der Waals surface area contributed by atoms with Crippen LogP contribution in [0.5, 0.6) is 0 Å². The van der Waals surface area contributed by atoms with Crippen molar-refractivity contribution in [3.05, 3.63) is 76.3 Å². The molecule has 4 rings (SSSR count). The summed E-state index contributed by atoms with van der Waals surface area (Å²) in [6.45, 7) is 2.20. The predicted molar refractivity (Wildman–Crippen MR) is 93.6 cm³/mol. The number of benzene rings is 2. The molecule has 0 fully saturated rings. The molecule has 112 valence electrons.